The fourth-order valence-electron chi connectivity index (χ4n) is 6.49. The molecular formula is C26H35N3O3. The maximum absolute atomic E-state index is 13.7. The summed E-state index contributed by atoms with van der Waals surface area (Å²) in [6, 6.07) is 9.21. The van der Waals surface area contributed by atoms with Crippen LogP contribution >= 0.6 is 0 Å². The number of nitrogens with zero attached hydrogens (tertiary/aromatic N) is 3. The van der Waals surface area contributed by atoms with Gasteiger partial charge in [-0.3, -0.25) is 14.4 Å². The minimum Gasteiger partial charge on any atom is -0.339 e. The maximum atomic E-state index is 13.7. The van der Waals surface area contributed by atoms with E-state index >= 15 is 0 Å². The lowest BCUT2D eigenvalue weighted by Crippen LogP contribution is -2.56. The zero-order chi connectivity index (χ0) is 22.1. The number of rotatable bonds is 3. The van der Waals surface area contributed by atoms with E-state index in [0.717, 1.165) is 51.4 Å². The Hall–Kier alpha value is -2.37. The largest absolute Gasteiger partial charge is 0.339 e. The monoisotopic (exact) mass is 437 g/mol. The van der Waals surface area contributed by atoms with E-state index in [1.807, 2.05) is 45.0 Å². The van der Waals surface area contributed by atoms with Gasteiger partial charge in [0.05, 0.1) is 0 Å². The van der Waals surface area contributed by atoms with Gasteiger partial charge < -0.3 is 14.7 Å². The number of amides is 3. The van der Waals surface area contributed by atoms with Gasteiger partial charge in [0.25, 0.3) is 5.91 Å². The molecule has 2 saturated heterocycles. The molecule has 6 nitrogen and oxygen atoms in total. The van der Waals surface area contributed by atoms with Crippen molar-refractivity contribution in [2.24, 2.45) is 11.8 Å². The Kier molecular flexibility index (Phi) is 6.20. The molecule has 32 heavy (non-hydrogen) atoms. The summed E-state index contributed by atoms with van der Waals surface area (Å²) >= 11 is 0. The van der Waals surface area contributed by atoms with Crippen LogP contribution in [0, 0.1) is 11.8 Å². The molecule has 1 aromatic rings. The van der Waals surface area contributed by atoms with E-state index in [4.69, 9.17) is 0 Å². The molecule has 3 unspecified atom stereocenters. The Morgan fingerprint density at radius 2 is 1.31 bits per heavy atom. The van der Waals surface area contributed by atoms with E-state index in [9.17, 15) is 14.4 Å². The molecule has 0 spiro atoms. The Balaban J connectivity index is 1.28. The van der Waals surface area contributed by atoms with E-state index in [2.05, 4.69) is 0 Å². The average molecular weight is 438 g/mol. The highest BCUT2D eigenvalue weighted by Crippen LogP contribution is 2.41. The number of fused-ring (bicyclic) bond motifs is 1. The lowest BCUT2D eigenvalue weighted by molar-refractivity contribution is -0.144. The summed E-state index contributed by atoms with van der Waals surface area (Å²) in [6.07, 6.45) is 9.55. The molecule has 0 bridgehead atoms. The van der Waals surface area contributed by atoms with E-state index < -0.39 is 0 Å². The number of benzene rings is 1. The molecule has 4 fully saturated rings. The topological polar surface area (TPSA) is 60.9 Å². The first kappa shape index (κ1) is 21.5. The molecule has 3 amide bonds. The van der Waals surface area contributed by atoms with Crippen molar-refractivity contribution in [1.82, 2.24) is 14.7 Å². The molecule has 0 aromatic heterocycles. The number of hydrogen-bond donors (Lipinski definition) is 0. The third-order valence-electron chi connectivity index (χ3n) is 8.24. The molecule has 3 atom stereocenters. The van der Waals surface area contributed by atoms with Crippen molar-refractivity contribution in [1.29, 1.82) is 0 Å². The molecule has 2 saturated carbocycles. The summed E-state index contributed by atoms with van der Waals surface area (Å²) in [4.78, 5) is 45.7. The van der Waals surface area contributed by atoms with Gasteiger partial charge in [-0.05, 0) is 50.2 Å². The van der Waals surface area contributed by atoms with Gasteiger partial charge in [-0.15, -0.1) is 0 Å². The predicted molar refractivity (Wildman–Crippen MR) is 122 cm³/mol. The molecule has 0 radical (unpaired) electrons. The zero-order valence-corrected chi connectivity index (χ0v) is 19.0. The van der Waals surface area contributed by atoms with Crippen LogP contribution in [0.15, 0.2) is 30.3 Å². The summed E-state index contributed by atoms with van der Waals surface area (Å²) in [7, 11) is 0. The molecule has 5 rings (SSSR count). The highest BCUT2D eigenvalue weighted by molar-refractivity contribution is 5.98. The zero-order valence-electron chi connectivity index (χ0n) is 19.0. The van der Waals surface area contributed by atoms with Gasteiger partial charge in [0, 0.05) is 43.7 Å². The van der Waals surface area contributed by atoms with Crippen molar-refractivity contribution < 1.29 is 14.4 Å². The Labute approximate surface area is 190 Å². The molecule has 2 heterocycles. The van der Waals surface area contributed by atoms with Crippen LogP contribution in [0.2, 0.25) is 0 Å². The number of carbonyl (C=O) groups excluding carboxylic acids is 3. The fourth-order valence-corrected chi connectivity index (χ4v) is 6.49. The van der Waals surface area contributed by atoms with Crippen molar-refractivity contribution in [3.63, 3.8) is 0 Å². The van der Waals surface area contributed by atoms with Gasteiger partial charge in [-0.2, -0.15) is 0 Å². The van der Waals surface area contributed by atoms with E-state index in [0.29, 0.717) is 37.7 Å². The molecule has 2 aliphatic heterocycles. The molecule has 4 aliphatic rings. The second kappa shape index (κ2) is 9.24. The average Bonchev–Trinajstić information content (AvgIpc) is 3.52. The van der Waals surface area contributed by atoms with E-state index in [-0.39, 0.29) is 35.7 Å². The Morgan fingerprint density at radius 1 is 0.719 bits per heavy atom. The van der Waals surface area contributed by atoms with E-state index in [1.165, 1.54) is 6.42 Å². The summed E-state index contributed by atoms with van der Waals surface area (Å²) in [5.41, 5.74) is 0.670. The van der Waals surface area contributed by atoms with Crippen molar-refractivity contribution in [3.8, 4) is 0 Å². The lowest BCUT2D eigenvalue weighted by Gasteiger charge is -2.39. The minimum absolute atomic E-state index is 0.00611. The summed E-state index contributed by atoms with van der Waals surface area (Å²) < 4.78 is 0. The van der Waals surface area contributed by atoms with Crippen molar-refractivity contribution >= 4 is 17.7 Å². The Morgan fingerprint density at radius 3 is 2.00 bits per heavy atom. The van der Waals surface area contributed by atoms with Gasteiger partial charge in [-0.25, -0.2) is 0 Å². The van der Waals surface area contributed by atoms with Crippen LogP contribution < -0.4 is 0 Å². The SMILES string of the molecule is O=C(C1CCCC1)N1CCN(C(=O)C2CC3CCCCC3N2C(=O)c2ccccc2)CC1. The van der Waals surface area contributed by atoms with Crippen LogP contribution in [-0.4, -0.2) is 70.7 Å². The first-order valence-corrected chi connectivity index (χ1v) is 12.6. The van der Waals surface area contributed by atoms with E-state index in [1.54, 1.807) is 0 Å². The second-order valence-corrected chi connectivity index (χ2v) is 10.1. The molecule has 1 aromatic carbocycles. The van der Waals surface area contributed by atoms with Crippen molar-refractivity contribution in [2.45, 2.75) is 69.9 Å². The highest BCUT2D eigenvalue weighted by Gasteiger charge is 2.48. The third-order valence-corrected chi connectivity index (χ3v) is 8.24. The van der Waals surface area contributed by atoms with Gasteiger partial charge in [0.1, 0.15) is 6.04 Å². The van der Waals surface area contributed by atoms with Crippen LogP contribution in [0.25, 0.3) is 0 Å². The van der Waals surface area contributed by atoms with Gasteiger partial charge >= 0.3 is 0 Å². The van der Waals surface area contributed by atoms with Crippen LogP contribution in [0.1, 0.15) is 68.1 Å². The molecule has 2 aliphatic carbocycles. The predicted octanol–water partition coefficient (Wildman–Crippen LogP) is 3.32. The number of piperazine rings is 1. The standard InChI is InChI=1S/C26H35N3O3/c30-24(19-10-4-5-11-19)27-14-16-28(17-15-27)26(32)23-18-21-12-6-7-13-22(21)29(23)25(31)20-8-2-1-3-9-20/h1-3,8-9,19,21-23H,4-7,10-18H2. The number of hydrogen-bond acceptors (Lipinski definition) is 3. The maximum Gasteiger partial charge on any atom is 0.254 e. The normalized spacial score (nSPS) is 28.6. The van der Waals surface area contributed by atoms with Gasteiger partial charge in [0.2, 0.25) is 11.8 Å². The van der Waals surface area contributed by atoms with Crippen molar-refractivity contribution in [2.75, 3.05) is 26.2 Å². The van der Waals surface area contributed by atoms with Crippen LogP contribution in [0.5, 0.6) is 0 Å². The quantitative estimate of drug-likeness (QED) is 0.729. The van der Waals surface area contributed by atoms with Crippen LogP contribution in [-0.2, 0) is 9.59 Å². The number of carbonyl (C=O) groups is 3. The Bertz CT molecular complexity index is 843. The molecular weight excluding hydrogens is 402 g/mol. The first-order valence-electron chi connectivity index (χ1n) is 12.6. The minimum atomic E-state index is -0.368. The van der Waals surface area contributed by atoms with Gasteiger partial charge in [-0.1, -0.05) is 43.9 Å². The van der Waals surface area contributed by atoms with Crippen molar-refractivity contribution in [3.05, 3.63) is 35.9 Å². The first-order chi connectivity index (χ1) is 15.6. The summed E-state index contributed by atoms with van der Waals surface area (Å²) in [5, 5.41) is 0. The lowest BCUT2D eigenvalue weighted by atomic mass is 9.84. The smallest absolute Gasteiger partial charge is 0.254 e. The fraction of sp³-hybridized carbons (Fsp3) is 0.654. The third kappa shape index (κ3) is 4.04. The summed E-state index contributed by atoms with van der Waals surface area (Å²) in [5.74, 6) is 0.970. The number of likely N-dealkylation sites (tertiary alicyclic amines) is 1. The van der Waals surface area contributed by atoms with Crippen LogP contribution in [0.3, 0.4) is 0 Å². The molecule has 172 valence electrons. The van der Waals surface area contributed by atoms with Crippen LogP contribution in [0.4, 0.5) is 0 Å². The van der Waals surface area contributed by atoms with Gasteiger partial charge in [0.15, 0.2) is 0 Å². The molecule has 6 heteroatoms. The second-order valence-electron chi connectivity index (χ2n) is 10.1. The molecule has 0 N–H and O–H groups in total. The highest BCUT2D eigenvalue weighted by atomic mass is 16.2. The summed E-state index contributed by atoms with van der Waals surface area (Å²) in [6.45, 7) is 2.40.